The Morgan fingerprint density at radius 3 is 2.83 bits per heavy atom. The van der Waals surface area contributed by atoms with Crippen molar-refractivity contribution in [2.24, 2.45) is 0 Å². The minimum absolute atomic E-state index is 0.0979. The van der Waals surface area contributed by atoms with Crippen molar-refractivity contribution in [3.8, 4) is 5.88 Å². The number of hydrogen-bond acceptors (Lipinski definition) is 4. The van der Waals surface area contributed by atoms with Crippen LogP contribution in [0, 0.1) is 0 Å². The zero-order chi connectivity index (χ0) is 13.5. The van der Waals surface area contributed by atoms with Gasteiger partial charge < -0.3 is 9.84 Å². The molecule has 0 saturated heterocycles. The van der Waals surface area contributed by atoms with Crippen LogP contribution in [0.1, 0.15) is 45.0 Å². The Labute approximate surface area is 106 Å². The van der Waals surface area contributed by atoms with Crippen LogP contribution in [0.3, 0.4) is 0 Å². The average Bonchev–Trinajstić information content (AvgIpc) is 2.59. The lowest BCUT2D eigenvalue weighted by Crippen LogP contribution is -2.42. The first-order chi connectivity index (χ1) is 8.29. The van der Waals surface area contributed by atoms with Crippen LogP contribution in [-0.4, -0.2) is 38.4 Å². The summed E-state index contributed by atoms with van der Waals surface area (Å²) in [6.45, 7) is 7.92. The summed E-state index contributed by atoms with van der Waals surface area (Å²) in [5, 5.41) is 16.2. The van der Waals surface area contributed by atoms with Crippen molar-refractivity contribution in [2.75, 3.05) is 6.54 Å². The summed E-state index contributed by atoms with van der Waals surface area (Å²) in [4.78, 5) is 13.7. The van der Waals surface area contributed by atoms with Crippen LogP contribution in [0.15, 0.2) is 0 Å². The molecule has 2 N–H and O–H groups in total. The number of nitrogens with zero attached hydrogens (tertiary/aromatic N) is 2. The maximum absolute atomic E-state index is 12.0. The molecule has 0 unspecified atom stereocenters. The molecule has 1 aliphatic rings. The van der Waals surface area contributed by atoms with Crippen molar-refractivity contribution >= 4 is 6.09 Å². The van der Waals surface area contributed by atoms with E-state index in [0.29, 0.717) is 18.7 Å². The minimum atomic E-state index is -0.509. The zero-order valence-electron chi connectivity index (χ0n) is 11.1. The van der Waals surface area contributed by atoms with Gasteiger partial charge in [-0.25, -0.2) is 9.89 Å². The van der Waals surface area contributed by atoms with Crippen LogP contribution in [0.2, 0.25) is 0 Å². The highest BCUT2D eigenvalue weighted by Crippen LogP contribution is 2.32. The van der Waals surface area contributed by atoms with Gasteiger partial charge in [-0.2, -0.15) is 5.10 Å². The first-order valence-electron chi connectivity index (χ1n) is 6.05. The molecule has 1 aliphatic heterocycles. The molecule has 6 nitrogen and oxygen atoms in total. The summed E-state index contributed by atoms with van der Waals surface area (Å²) in [6.07, 6.45) is 0.240. The third-order valence-electron chi connectivity index (χ3n) is 2.97. The van der Waals surface area contributed by atoms with Gasteiger partial charge in [0.1, 0.15) is 5.60 Å². The van der Waals surface area contributed by atoms with Crippen molar-refractivity contribution in [3.05, 3.63) is 11.3 Å². The van der Waals surface area contributed by atoms with E-state index in [1.165, 1.54) is 0 Å². The molecule has 1 atom stereocenters. The highest BCUT2D eigenvalue weighted by molar-refractivity contribution is 5.69. The molecular formula is C12H19N3O3. The lowest BCUT2D eigenvalue weighted by molar-refractivity contribution is 0.0155. The molecule has 0 aliphatic carbocycles. The number of nitrogens with one attached hydrogen (secondary N) is 1. The Morgan fingerprint density at radius 2 is 2.22 bits per heavy atom. The van der Waals surface area contributed by atoms with Gasteiger partial charge in [-0.1, -0.05) is 0 Å². The molecule has 1 aromatic rings. The minimum Gasteiger partial charge on any atom is -0.493 e. The number of ether oxygens (including phenoxy) is 1. The zero-order valence-corrected chi connectivity index (χ0v) is 11.1. The predicted octanol–water partition coefficient (Wildman–Crippen LogP) is 1.97. The van der Waals surface area contributed by atoms with Crippen LogP contribution >= 0.6 is 0 Å². The third-order valence-corrected chi connectivity index (χ3v) is 2.97. The summed E-state index contributed by atoms with van der Waals surface area (Å²) in [7, 11) is 0. The number of rotatable bonds is 0. The summed E-state index contributed by atoms with van der Waals surface area (Å²) in [5.41, 5.74) is 0.997. The Hall–Kier alpha value is -1.72. The largest absolute Gasteiger partial charge is 0.493 e. The fraction of sp³-hybridized carbons (Fsp3) is 0.667. The topological polar surface area (TPSA) is 78.5 Å². The molecule has 0 bridgehead atoms. The summed E-state index contributed by atoms with van der Waals surface area (Å²) >= 11 is 0. The van der Waals surface area contributed by atoms with E-state index in [1.54, 1.807) is 4.90 Å². The first kappa shape index (κ1) is 12.7. The van der Waals surface area contributed by atoms with E-state index < -0.39 is 5.60 Å². The molecule has 1 aromatic heterocycles. The SMILES string of the molecule is C[C@H]1c2n[nH]c(O)c2CCN1C(=O)OC(C)(C)C. The van der Waals surface area contributed by atoms with E-state index in [0.717, 1.165) is 5.56 Å². The van der Waals surface area contributed by atoms with E-state index in [-0.39, 0.29) is 18.0 Å². The molecule has 2 heterocycles. The van der Waals surface area contributed by atoms with Crippen molar-refractivity contribution in [2.45, 2.75) is 45.8 Å². The number of carbonyl (C=O) groups is 1. The summed E-state index contributed by atoms with van der Waals surface area (Å²) in [5.74, 6) is 0.0979. The number of hydrogen-bond donors (Lipinski definition) is 2. The van der Waals surface area contributed by atoms with E-state index in [2.05, 4.69) is 10.2 Å². The predicted molar refractivity (Wildman–Crippen MR) is 65.3 cm³/mol. The van der Waals surface area contributed by atoms with Crippen molar-refractivity contribution in [3.63, 3.8) is 0 Å². The number of aromatic amines is 1. The maximum Gasteiger partial charge on any atom is 0.410 e. The van der Waals surface area contributed by atoms with Crippen LogP contribution < -0.4 is 0 Å². The fourth-order valence-electron chi connectivity index (χ4n) is 2.10. The second-order valence-electron chi connectivity index (χ2n) is 5.54. The molecule has 0 radical (unpaired) electrons. The Bertz CT molecular complexity index is 462. The first-order valence-corrected chi connectivity index (χ1v) is 6.05. The molecule has 2 rings (SSSR count). The lowest BCUT2D eigenvalue weighted by atomic mass is 10.0. The second-order valence-corrected chi connectivity index (χ2v) is 5.54. The monoisotopic (exact) mass is 253 g/mol. The molecule has 18 heavy (non-hydrogen) atoms. The van der Waals surface area contributed by atoms with Gasteiger partial charge in [0.05, 0.1) is 11.7 Å². The number of fused-ring (bicyclic) bond motifs is 1. The molecule has 0 aromatic carbocycles. The smallest absolute Gasteiger partial charge is 0.410 e. The Kier molecular flexibility index (Phi) is 2.96. The van der Waals surface area contributed by atoms with Crippen molar-refractivity contribution in [1.29, 1.82) is 0 Å². The number of aromatic nitrogens is 2. The van der Waals surface area contributed by atoms with Crippen LogP contribution in [-0.2, 0) is 11.2 Å². The molecule has 0 fully saturated rings. The fourth-order valence-corrected chi connectivity index (χ4v) is 2.10. The van der Waals surface area contributed by atoms with Crippen molar-refractivity contribution in [1.82, 2.24) is 15.1 Å². The van der Waals surface area contributed by atoms with Gasteiger partial charge in [0.15, 0.2) is 0 Å². The standard InChI is InChI=1S/C12H19N3O3/c1-7-9-8(10(16)14-13-9)5-6-15(7)11(17)18-12(2,3)4/h7H,5-6H2,1-4H3,(H2,13,14,16)/t7-/m0/s1. The van der Waals surface area contributed by atoms with E-state index in [4.69, 9.17) is 4.74 Å². The normalized spacial score (nSPS) is 19.6. The third kappa shape index (κ3) is 2.27. The Balaban J connectivity index is 2.17. The number of amides is 1. The quantitative estimate of drug-likeness (QED) is 0.741. The number of carbonyl (C=O) groups excluding carboxylic acids is 1. The van der Waals surface area contributed by atoms with Crippen LogP contribution in [0.25, 0.3) is 0 Å². The van der Waals surface area contributed by atoms with Crippen LogP contribution in [0.4, 0.5) is 4.79 Å². The van der Waals surface area contributed by atoms with Gasteiger partial charge in [-0.15, -0.1) is 0 Å². The number of aromatic hydroxyl groups is 1. The highest BCUT2D eigenvalue weighted by Gasteiger charge is 2.34. The number of H-pyrrole nitrogens is 1. The van der Waals surface area contributed by atoms with Gasteiger partial charge in [0.25, 0.3) is 0 Å². The second kappa shape index (κ2) is 4.19. The Morgan fingerprint density at radius 1 is 1.56 bits per heavy atom. The highest BCUT2D eigenvalue weighted by atomic mass is 16.6. The molecular weight excluding hydrogens is 234 g/mol. The van der Waals surface area contributed by atoms with Crippen LogP contribution in [0.5, 0.6) is 5.88 Å². The van der Waals surface area contributed by atoms with Crippen molar-refractivity contribution < 1.29 is 14.6 Å². The summed E-state index contributed by atoms with van der Waals surface area (Å²) in [6, 6.07) is -0.194. The van der Waals surface area contributed by atoms with Gasteiger partial charge in [-0.05, 0) is 34.1 Å². The molecule has 100 valence electrons. The average molecular weight is 253 g/mol. The molecule has 6 heteroatoms. The lowest BCUT2D eigenvalue weighted by Gasteiger charge is -2.34. The van der Waals surface area contributed by atoms with Gasteiger partial charge in [-0.3, -0.25) is 4.90 Å². The van der Waals surface area contributed by atoms with Gasteiger partial charge in [0, 0.05) is 12.1 Å². The molecule has 0 saturated carbocycles. The van der Waals surface area contributed by atoms with Gasteiger partial charge in [0.2, 0.25) is 5.88 Å². The molecule has 1 amide bonds. The van der Waals surface area contributed by atoms with E-state index >= 15 is 0 Å². The van der Waals surface area contributed by atoms with E-state index in [1.807, 2.05) is 27.7 Å². The maximum atomic E-state index is 12.0. The van der Waals surface area contributed by atoms with Gasteiger partial charge >= 0.3 is 6.09 Å². The van der Waals surface area contributed by atoms with E-state index in [9.17, 15) is 9.90 Å². The summed E-state index contributed by atoms with van der Waals surface area (Å²) < 4.78 is 5.36. The molecule has 0 spiro atoms.